The van der Waals surface area contributed by atoms with Gasteiger partial charge in [0.1, 0.15) is 5.82 Å². The molecule has 0 heterocycles. The van der Waals surface area contributed by atoms with Crippen molar-refractivity contribution in [1.29, 1.82) is 0 Å². The molecule has 0 aliphatic heterocycles. The van der Waals surface area contributed by atoms with Crippen LogP contribution in [0.15, 0.2) is 22.7 Å². The van der Waals surface area contributed by atoms with Gasteiger partial charge in [-0.05, 0) is 39.0 Å². The molecule has 1 rings (SSSR count). The Labute approximate surface area is 138 Å². The van der Waals surface area contributed by atoms with Crippen LogP contribution in [0.3, 0.4) is 0 Å². The van der Waals surface area contributed by atoms with Gasteiger partial charge in [0.15, 0.2) is 13.1 Å². The number of hydrogen-bond acceptors (Lipinski definition) is 2. The van der Waals surface area contributed by atoms with Gasteiger partial charge in [-0.3, -0.25) is 9.59 Å². The van der Waals surface area contributed by atoms with E-state index in [1.165, 1.54) is 12.1 Å². The van der Waals surface area contributed by atoms with E-state index in [0.29, 0.717) is 11.0 Å². The molecule has 0 radical (unpaired) electrons. The third-order valence-electron chi connectivity index (χ3n) is 2.98. The Morgan fingerprint density at radius 2 is 1.91 bits per heavy atom. The minimum Gasteiger partial charge on any atom is -0.349 e. The number of rotatable bonds is 7. The number of carbonyl (C=O) groups is 2. The molecule has 0 aliphatic rings. The van der Waals surface area contributed by atoms with Crippen molar-refractivity contribution in [2.75, 3.05) is 25.0 Å². The first kappa shape index (κ1) is 18.6. The second-order valence-corrected chi connectivity index (χ2v) is 6.27. The van der Waals surface area contributed by atoms with E-state index in [9.17, 15) is 14.0 Å². The van der Waals surface area contributed by atoms with Crippen molar-refractivity contribution >= 4 is 33.4 Å². The number of halogens is 2. The third kappa shape index (κ3) is 6.53. The van der Waals surface area contributed by atoms with Crippen LogP contribution in [0.2, 0.25) is 0 Å². The molecule has 1 aromatic carbocycles. The molecule has 1 unspecified atom stereocenters. The maximum Gasteiger partial charge on any atom is 0.279 e. The lowest BCUT2D eigenvalue weighted by atomic mass is 10.3. The molecule has 1 aromatic rings. The molecule has 0 saturated heterocycles. The third-order valence-corrected chi connectivity index (χ3v) is 3.47. The van der Waals surface area contributed by atoms with Crippen molar-refractivity contribution in [3.05, 3.63) is 28.5 Å². The van der Waals surface area contributed by atoms with Gasteiger partial charge in [-0.15, -0.1) is 0 Å². The monoisotopic (exact) mass is 374 g/mol. The quantitative estimate of drug-likeness (QED) is 0.665. The predicted molar refractivity (Wildman–Crippen MR) is 87.2 cm³/mol. The highest BCUT2D eigenvalue weighted by Gasteiger charge is 2.18. The van der Waals surface area contributed by atoms with Crippen molar-refractivity contribution in [3.63, 3.8) is 0 Å². The van der Waals surface area contributed by atoms with Crippen LogP contribution >= 0.6 is 15.9 Å². The van der Waals surface area contributed by atoms with E-state index in [-0.39, 0.29) is 36.6 Å². The van der Waals surface area contributed by atoms with Gasteiger partial charge in [0.2, 0.25) is 0 Å². The van der Waals surface area contributed by atoms with Gasteiger partial charge in [0, 0.05) is 10.5 Å². The number of likely N-dealkylation sites (N-methyl/N-ethyl adjacent to an activating group) is 1. The Morgan fingerprint density at radius 1 is 1.27 bits per heavy atom. The molecular formula is C15H22BrFN3O2+. The lowest BCUT2D eigenvalue weighted by Gasteiger charge is -2.18. The van der Waals surface area contributed by atoms with Gasteiger partial charge in [0.25, 0.3) is 11.8 Å². The van der Waals surface area contributed by atoms with Crippen LogP contribution in [0, 0.1) is 5.82 Å². The zero-order valence-corrected chi connectivity index (χ0v) is 14.6. The summed E-state index contributed by atoms with van der Waals surface area (Å²) in [5.74, 6) is -0.928. The minimum atomic E-state index is -0.502. The molecule has 2 amide bonds. The van der Waals surface area contributed by atoms with Crippen LogP contribution < -0.4 is 15.5 Å². The second kappa shape index (κ2) is 8.85. The Morgan fingerprint density at radius 3 is 2.45 bits per heavy atom. The molecule has 0 fully saturated rings. The summed E-state index contributed by atoms with van der Waals surface area (Å²) >= 11 is 3.16. The summed E-state index contributed by atoms with van der Waals surface area (Å²) < 4.78 is 14.3. The standard InChI is InChI=1S/C15H21BrFN3O2/c1-4-20(8-14(21)18-10(2)3)9-15(22)19-13-6-5-11(16)7-12(13)17/h5-7,10H,4,8-9H2,1-3H3,(H,18,21)(H,19,22)/p+1. The summed E-state index contributed by atoms with van der Waals surface area (Å²) in [4.78, 5) is 24.5. The fraction of sp³-hybridized carbons (Fsp3) is 0.467. The van der Waals surface area contributed by atoms with Crippen LogP contribution in [0.5, 0.6) is 0 Å². The molecule has 5 nitrogen and oxygen atoms in total. The lowest BCUT2D eigenvalue weighted by molar-refractivity contribution is -0.881. The van der Waals surface area contributed by atoms with Crippen molar-refractivity contribution in [3.8, 4) is 0 Å². The van der Waals surface area contributed by atoms with Crippen molar-refractivity contribution < 1.29 is 18.9 Å². The highest BCUT2D eigenvalue weighted by atomic mass is 79.9. The summed E-state index contributed by atoms with van der Waals surface area (Å²) in [6.07, 6.45) is 0. The normalized spacial score (nSPS) is 12.1. The summed E-state index contributed by atoms with van der Waals surface area (Å²) in [5, 5.41) is 5.32. The van der Waals surface area contributed by atoms with Gasteiger partial charge in [-0.2, -0.15) is 0 Å². The van der Waals surface area contributed by atoms with E-state index in [4.69, 9.17) is 0 Å². The van der Waals surface area contributed by atoms with E-state index >= 15 is 0 Å². The topological polar surface area (TPSA) is 62.6 Å². The Hall–Kier alpha value is -1.47. The molecule has 1 atom stereocenters. The van der Waals surface area contributed by atoms with Crippen LogP contribution in [-0.4, -0.2) is 37.5 Å². The average molecular weight is 375 g/mol. The van der Waals surface area contributed by atoms with E-state index in [1.54, 1.807) is 6.07 Å². The Kier molecular flexibility index (Phi) is 7.47. The fourth-order valence-corrected chi connectivity index (χ4v) is 2.26. The molecule has 0 saturated carbocycles. The zero-order valence-electron chi connectivity index (χ0n) is 13.0. The summed E-state index contributed by atoms with van der Waals surface area (Å²) in [5.41, 5.74) is 0.135. The lowest BCUT2D eigenvalue weighted by Crippen LogP contribution is -3.14. The van der Waals surface area contributed by atoms with Gasteiger partial charge in [-0.1, -0.05) is 15.9 Å². The molecule has 0 aliphatic carbocycles. The number of carbonyl (C=O) groups excluding carboxylic acids is 2. The van der Waals surface area contributed by atoms with Crippen LogP contribution in [0.4, 0.5) is 10.1 Å². The number of benzene rings is 1. The molecule has 0 spiro atoms. The molecule has 122 valence electrons. The molecule has 3 N–H and O–H groups in total. The predicted octanol–water partition coefficient (Wildman–Crippen LogP) is 0.956. The summed E-state index contributed by atoms with van der Waals surface area (Å²) in [7, 11) is 0. The zero-order chi connectivity index (χ0) is 16.7. The van der Waals surface area contributed by atoms with E-state index < -0.39 is 5.82 Å². The van der Waals surface area contributed by atoms with Crippen molar-refractivity contribution in [1.82, 2.24) is 5.32 Å². The van der Waals surface area contributed by atoms with Gasteiger partial charge in [-0.25, -0.2) is 4.39 Å². The average Bonchev–Trinajstić information content (AvgIpc) is 2.40. The van der Waals surface area contributed by atoms with Crippen LogP contribution in [-0.2, 0) is 9.59 Å². The molecule has 7 heteroatoms. The Balaban J connectivity index is 2.56. The largest absolute Gasteiger partial charge is 0.349 e. The number of anilines is 1. The van der Waals surface area contributed by atoms with E-state index in [0.717, 1.165) is 4.90 Å². The molecule has 0 bridgehead atoms. The second-order valence-electron chi connectivity index (χ2n) is 5.35. The summed E-state index contributed by atoms with van der Waals surface area (Å²) in [6.45, 7) is 6.61. The molecule has 22 heavy (non-hydrogen) atoms. The summed E-state index contributed by atoms with van der Waals surface area (Å²) in [6, 6.07) is 4.50. The first-order chi connectivity index (χ1) is 10.3. The SMILES string of the molecule is CC[NH+](CC(=O)Nc1ccc(Br)cc1F)CC(=O)NC(C)C. The highest BCUT2D eigenvalue weighted by Crippen LogP contribution is 2.18. The van der Waals surface area contributed by atoms with Crippen molar-refractivity contribution in [2.24, 2.45) is 0 Å². The van der Waals surface area contributed by atoms with E-state index in [2.05, 4.69) is 26.6 Å². The Bertz CT molecular complexity index is 538. The smallest absolute Gasteiger partial charge is 0.279 e. The van der Waals surface area contributed by atoms with E-state index in [1.807, 2.05) is 20.8 Å². The molecule has 0 aromatic heterocycles. The van der Waals surface area contributed by atoms with Gasteiger partial charge >= 0.3 is 0 Å². The maximum absolute atomic E-state index is 13.7. The first-order valence-corrected chi connectivity index (χ1v) is 7.99. The van der Waals surface area contributed by atoms with Gasteiger partial charge in [0.05, 0.1) is 12.2 Å². The number of amides is 2. The molecular weight excluding hydrogens is 353 g/mol. The first-order valence-electron chi connectivity index (χ1n) is 7.19. The number of hydrogen-bond donors (Lipinski definition) is 3. The minimum absolute atomic E-state index is 0.0660. The number of nitrogens with one attached hydrogen (secondary N) is 3. The van der Waals surface area contributed by atoms with Crippen LogP contribution in [0.1, 0.15) is 20.8 Å². The van der Waals surface area contributed by atoms with Gasteiger partial charge < -0.3 is 15.5 Å². The van der Waals surface area contributed by atoms with Crippen LogP contribution in [0.25, 0.3) is 0 Å². The maximum atomic E-state index is 13.7. The number of quaternary nitrogens is 1. The highest BCUT2D eigenvalue weighted by molar-refractivity contribution is 9.10. The fourth-order valence-electron chi connectivity index (χ4n) is 1.92. The van der Waals surface area contributed by atoms with Crippen molar-refractivity contribution in [2.45, 2.75) is 26.8 Å².